The highest BCUT2D eigenvalue weighted by Crippen LogP contribution is 2.36. The van der Waals surface area contributed by atoms with Crippen LogP contribution in [0.15, 0.2) is 0 Å². The summed E-state index contributed by atoms with van der Waals surface area (Å²) in [5.74, 6) is 0. The lowest BCUT2D eigenvalue weighted by atomic mass is 9.72. The average Bonchev–Trinajstić information content (AvgIpc) is 2.33. The molecule has 1 aliphatic carbocycles. The summed E-state index contributed by atoms with van der Waals surface area (Å²) in [7, 11) is 3.50. The summed E-state index contributed by atoms with van der Waals surface area (Å²) in [5, 5.41) is 0. The van der Waals surface area contributed by atoms with E-state index in [0.29, 0.717) is 11.5 Å². The van der Waals surface area contributed by atoms with Crippen molar-refractivity contribution >= 4 is 0 Å². The summed E-state index contributed by atoms with van der Waals surface area (Å²) in [5.41, 5.74) is 6.72. The van der Waals surface area contributed by atoms with Crippen LogP contribution < -0.4 is 5.73 Å². The predicted molar refractivity (Wildman–Crippen MR) is 74.7 cm³/mol. The van der Waals surface area contributed by atoms with Crippen LogP contribution in [0.3, 0.4) is 0 Å². The largest absolute Gasteiger partial charge is 0.383 e. The fourth-order valence-electron chi connectivity index (χ4n) is 2.83. The second-order valence-corrected chi connectivity index (χ2v) is 6.16. The molecule has 0 aliphatic heterocycles. The first kappa shape index (κ1) is 15.9. The maximum atomic E-state index is 6.32. The molecule has 4 heteroatoms. The summed E-state index contributed by atoms with van der Waals surface area (Å²) >= 11 is 0. The molecule has 0 spiro atoms. The van der Waals surface area contributed by atoms with Gasteiger partial charge in [0, 0.05) is 39.4 Å². The van der Waals surface area contributed by atoms with Gasteiger partial charge in [0.1, 0.15) is 0 Å². The van der Waals surface area contributed by atoms with Crippen LogP contribution in [0.2, 0.25) is 0 Å². The summed E-state index contributed by atoms with van der Waals surface area (Å²) < 4.78 is 10.4. The van der Waals surface area contributed by atoms with Crippen LogP contribution in [0.5, 0.6) is 0 Å². The SMILES string of the molecule is COCCN(CCOC)C1CC(C)(C)CCC1N. The van der Waals surface area contributed by atoms with E-state index < -0.39 is 0 Å². The lowest BCUT2D eigenvalue weighted by Gasteiger charge is -2.44. The van der Waals surface area contributed by atoms with Crippen molar-refractivity contribution in [3.8, 4) is 0 Å². The quantitative estimate of drug-likeness (QED) is 0.751. The Morgan fingerprint density at radius 1 is 1.17 bits per heavy atom. The lowest BCUT2D eigenvalue weighted by molar-refractivity contribution is 0.0381. The van der Waals surface area contributed by atoms with Crippen LogP contribution in [-0.4, -0.2) is 57.5 Å². The molecule has 4 nitrogen and oxygen atoms in total. The van der Waals surface area contributed by atoms with Gasteiger partial charge in [0.2, 0.25) is 0 Å². The highest BCUT2D eigenvalue weighted by molar-refractivity contribution is 4.92. The molecule has 0 heterocycles. The Kier molecular flexibility index (Phi) is 6.57. The van der Waals surface area contributed by atoms with Gasteiger partial charge in [-0.25, -0.2) is 0 Å². The summed E-state index contributed by atoms with van der Waals surface area (Å²) in [6.45, 7) is 8.08. The number of rotatable bonds is 7. The molecule has 0 amide bonds. The van der Waals surface area contributed by atoms with E-state index >= 15 is 0 Å². The number of nitrogens with zero attached hydrogens (tertiary/aromatic N) is 1. The smallest absolute Gasteiger partial charge is 0.0589 e. The highest BCUT2D eigenvalue weighted by atomic mass is 16.5. The van der Waals surface area contributed by atoms with Crippen molar-refractivity contribution in [3.63, 3.8) is 0 Å². The van der Waals surface area contributed by atoms with E-state index in [4.69, 9.17) is 15.2 Å². The lowest BCUT2D eigenvalue weighted by Crippen LogP contribution is -2.54. The van der Waals surface area contributed by atoms with Crippen molar-refractivity contribution in [1.29, 1.82) is 0 Å². The zero-order valence-corrected chi connectivity index (χ0v) is 12.4. The Bertz CT molecular complexity index is 226. The van der Waals surface area contributed by atoms with Crippen LogP contribution in [0.4, 0.5) is 0 Å². The molecule has 0 aromatic rings. The zero-order chi connectivity index (χ0) is 13.6. The maximum absolute atomic E-state index is 6.32. The van der Waals surface area contributed by atoms with Gasteiger partial charge in [-0.1, -0.05) is 13.8 Å². The maximum Gasteiger partial charge on any atom is 0.0589 e. The third kappa shape index (κ3) is 4.84. The van der Waals surface area contributed by atoms with E-state index in [2.05, 4.69) is 18.7 Å². The number of methoxy groups -OCH3 is 2. The van der Waals surface area contributed by atoms with E-state index in [1.165, 1.54) is 12.8 Å². The number of ether oxygens (including phenoxy) is 2. The van der Waals surface area contributed by atoms with Gasteiger partial charge in [-0.15, -0.1) is 0 Å². The molecule has 2 unspecified atom stereocenters. The molecular weight excluding hydrogens is 228 g/mol. The Labute approximate surface area is 112 Å². The number of hydrogen-bond acceptors (Lipinski definition) is 4. The minimum atomic E-state index is 0.284. The molecule has 1 fully saturated rings. The van der Waals surface area contributed by atoms with Gasteiger partial charge in [0.15, 0.2) is 0 Å². The molecule has 0 aromatic carbocycles. The van der Waals surface area contributed by atoms with Crippen molar-refractivity contribution in [2.45, 2.75) is 45.2 Å². The first-order chi connectivity index (χ1) is 8.50. The van der Waals surface area contributed by atoms with Gasteiger partial charge in [0.25, 0.3) is 0 Å². The monoisotopic (exact) mass is 258 g/mol. The van der Waals surface area contributed by atoms with E-state index in [1.54, 1.807) is 14.2 Å². The molecule has 2 atom stereocenters. The fourth-order valence-corrected chi connectivity index (χ4v) is 2.83. The van der Waals surface area contributed by atoms with Crippen LogP contribution in [0.1, 0.15) is 33.1 Å². The van der Waals surface area contributed by atoms with Gasteiger partial charge in [-0.05, 0) is 24.7 Å². The van der Waals surface area contributed by atoms with Crippen LogP contribution in [-0.2, 0) is 9.47 Å². The minimum Gasteiger partial charge on any atom is -0.383 e. The third-order valence-corrected chi connectivity index (χ3v) is 4.04. The molecular formula is C14H30N2O2. The van der Waals surface area contributed by atoms with E-state index in [9.17, 15) is 0 Å². The molecule has 18 heavy (non-hydrogen) atoms. The Morgan fingerprint density at radius 3 is 2.22 bits per heavy atom. The molecule has 0 radical (unpaired) electrons. The van der Waals surface area contributed by atoms with E-state index in [-0.39, 0.29) is 6.04 Å². The summed E-state index contributed by atoms with van der Waals surface area (Å²) in [6.07, 6.45) is 3.52. The third-order valence-electron chi connectivity index (χ3n) is 4.04. The molecule has 0 saturated heterocycles. The van der Waals surface area contributed by atoms with Crippen molar-refractivity contribution < 1.29 is 9.47 Å². The van der Waals surface area contributed by atoms with Crippen LogP contribution in [0, 0.1) is 5.41 Å². The van der Waals surface area contributed by atoms with Crippen LogP contribution >= 0.6 is 0 Å². The second kappa shape index (κ2) is 7.43. The Hall–Kier alpha value is -0.160. The summed E-state index contributed by atoms with van der Waals surface area (Å²) in [4.78, 5) is 2.44. The van der Waals surface area contributed by atoms with Gasteiger partial charge in [-0.2, -0.15) is 0 Å². The first-order valence-corrected chi connectivity index (χ1v) is 6.97. The first-order valence-electron chi connectivity index (χ1n) is 6.97. The molecule has 0 aromatic heterocycles. The number of hydrogen-bond donors (Lipinski definition) is 1. The van der Waals surface area contributed by atoms with E-state index in [1.807, 2.05) is 0 Å². The average molecular weight is 258 g/mol. The summed E-state index contributed by atoms with van der Waals surface area (Å²) in [6, 6.07) is 0.741. The zero-order valence-electron chi connectivity index (χ0n) is 12.4. The normalized spacial score (nSPS) is 27.7. The van der Waals surface area contributed by atoms with Gasteiger partial charge in [0.05, 0.1) is 13.2 Å². The standard InChI is InChI=1S/C14H30N2O2/c1-14(2)6-5-12(15)13(11-14)16(7-9-17-3)8-10-18-4/h12-13H,5-11,15H2,1-4H3. The Morgan fingerprint density at radius 2 is 1.72 bits per heavy atom. The van der Waals surface area contributed by atoms with Crippen molar-refractivity contribution in [3.05, 3.63) is 0 Å². The fraction of sp³-hybridized carbons (Fsp3) is 1.00. The second-order valence-electron chi connectivity index (χ2n) is 6.16. The van der Waals surface area contributed by atoms with Crippen molar-refractivity contribution in [2.24, 2.45) is 11.1 Å². The van der Waals surface area contributed by atoms with Crippen molar-refractivity contribution in [1.82, 2.24) is 4.90 Å². The predicted octanol–water partition coefficient (Wildman–Crippen LogP) is 1.49. The minimum absolute atomic E-state index is 0.284. The topological polar surface area (TPSA) is 47.7 Å². The molecule has 1 aliphatic rings. The molecule has 1 rings (SSSR count). The Balaban J connectivity index is 2.62. The molecule has 0 bridgehead atoms. The van der Waals surface area contributed by atoms with Gasteiger partial charge >= 0.3 is 0 Å². The molecule has 1 saturated carbocycles. The van der Waals surface area contributed by atoms with Crippen LogP contribution in [0.25, 0.3) is 0 Å². The van der Waals surface area contributed by atoms with Crippen molar-refractivity contribution in [2.75, 3.05) is 40.5 Å². The van der Waals surface area contributed by atoms with E-state index in [0.717, 1.165) is 32.7 Å². The van der Waals surface area contributed by atoms with Gasteiger partial charge in [-0.3, -0.25) is 4.90 Å². The number of nitrogens with two attached hydrogens (primary N) is 1. The molecule has 108 valence electrons. The van der Waals surface area contributed by atoms with Gasteiger partial charge < -0.3 is 15.2 Å². The highest BCUT2D eigenvalue weighted by Gasteiger charge is 2.35. The molecule has 2 N–H and O–H groups in total.